The van der Waals surface area contributed by atoms with E-state index in [1.807, 2.05) is 43.5 Å². The van der Waals surface area contributed by atoms with E-state index < -0.39 is 0 Å². The van der Waals surface area contributed by atoms with E-state index in [1.165, 1.54) is 5.56 Å². The second-order valence-electron chi connectivity index (χ2n) is 7.87. The molecule has 1 aromatic carbocycles. The van der Waals surface area contributed by atoms with Crippen LogP contribution in [0.4, 0.5) is 5.69 Å². The molecule has 0 aliphatic carbocycles. The first-order valence-corrected chi connectivity index (χ1v) is 10.2. The van der Waals surface area contributed by atoms with Crippen LogP contribution in [-0.2, 0) is 24.2 Å². The Hall–Kier alpha value is -3.54. The van der Waals surface area contributed by atoms with E-state index in [4.69, 9.17) is 4.99 Å². The molecule has 0 saturated heterocycles. The molecule has 30 heavy (non-hydrogen) atoms. The van der Waals surface area contributed by atoms with Gasteiger partial charge in [0.2, 0.25) is 5.91 Å². The fraction of sp³-hybridized carbons (Fsp3) is 0.250. The third kappa shape index (κ3) is 3.68. The van der Waals surface area contributed by atoms with Crippen LogP contribution in [0, 0.1) is 6.92 Å². The number of amides is 1. The number of fused-ring (bicyclic) bond motifs is 2. The van der Waals surface area contributed by atoms with Crippen LogP contribution in [-0.4, -0.2) is 34.2 Å². The second kappa shape index (κ2) is 7.71. The maximum atomic E-state index is 12.6. The largest absolute Gasteiger partial charge is 0.383 e. The highest BCUT2D eigenvalue weighted by atomic mass is 16.1. The van der Waals surface area contributed by atoms with Gasteiger partial charge in [0, 0.05) is 41.4 Å². The molecule has 1 atom stereocenters. The summed E-state index contributed by atoms with van der Waals surface area (Å²) < 4.78 is 0. The minimum absolute atomic E-state index is 0.00229. The average Bonchev–Trinajstić information content (AvgIpc) is 3.17. The summed E-state index contributed by atoms with van der Waals surface area (Å²) >= 11 is 0. The van der Waals surface area contributed by atoms with Crippen molar-refractivity contribution in [1.29, 1.82) is 0 Å². The normalized spacial score (nSPS) is 16.8. The number of aryl methyl sites for hydroxylation is 1. The molecule has 0 saturated carbocycles. The number of para-hydroxylation sites is 1. The van der Waals surface area contributed by atoms with Crippen molar-refractivity contribution in [2.75, 3.05) is 11.9 Å². The van der Waals surface area contributed by atoms with Crippen LogP contribution in [0.2, 0.25) is 0 Å². The summed E-state index contributed by atoms with van der Waals surface area (Å²) in [6.07, 6.45) is 4.76. The van der Waals surface area contributed by atoms with Crippen molar-refractivity contribution < 1.29 is 4.79 Å². The van der Waals surface area contributed by atoms with Crippen LogP contribution >= 0.6 is 0 Å². The van der Waals surface area contributed by atoms with Gasteiger partial charge in [-0.05, 0) is 48.7 Å². The molecular formula is C24H23N5O. The van der Waals surface area contributed by atoms with Gasteiger partial charge in [0.25, 0.3) is 0 Å². The van der Waals surface area contributed by atoms with Crippen LogP contribution in [0.25, 0.3) is 0 Å². The lowest BCUT2D eigenvalue weighted by Gasteiger charge is -2.26. The number of carbonyl (C=O) groups is 1. The Bertz CT molecular complexity index is 1150. The number of hydrogen-bond donors (Lipinski definition) is 2. The zero-order valence-electron chi connectivity index (χ0n) is 16.9. The molecule has 3 aromatic rings. The number of carbonyl (C=O) groups excluding carboxylic acids is 1. The van der Waals surface area contributed by atoms with Gasteiger partial charge in [-0.3, -0.25) is 19.8 Å². The highest BCUT2D eigenvalue weighted by Crippen LogP contribution is 2.24. The number of rotatable bonds is 4. The van der Waals surface area contributed by atoms with Crippen molar-refractivity contribution >= 4 is 17.3 Å². The number of nitrogens with one attached hydrogen (secondary N) is 2. The van der Waals surface area contributed by atoms with Gasteiger partial charge in [-0.15, -0.1) is 0 Å². The average molecular weight is 397 g/mol. The molecule has 0 spiro atoms. The highest BCUT2D eigenvalue weighted by Gasteiger charge is 2.22. The van der Waals surface area contributed by atoms with Gasteiger partial charge in [0.15, 0.2) is 0 Å². The number of benzene rings is 1. The molecule has 0 bridgehead atoms. The van der Waals surface area contributed by atoms with E-state index >= 15 is 0 Å². The predicted octanol–water partition coefficient (Wildman–Crippen LogP) is 2.83. The van der Waals surface area contributed by atoms with Crippen LogP contribution < -0.4 is 10.6 Å². The minimum atomic E-state index is -0.00229. The van der Waals surface area contributed by atoms with Crippen molar-refractivity contribution in [3.05, 3.63) is 88.5 Å². The second-order valence-corrected chi connectivity index (χ2v) is 7.87. The highest BCUT2D eigenvalue weighted by molar-refractivity contribution is 6.15. The van der Waals surface area contributed by atoms with E-state index in [0.29, 0.717) is 6.54 Å². The van der Waals surface area contributed by atoms with E-state index in [1.54, 1.807) is 6.20 Å². The van der Waals surface area contributed by atoms with Gasteiger partial charge in [0.1, 0.15) is 0 Å². The molecule has 2 aliphatic rings. The summed E-state index contributed by atoms with van der Waals surface area (Å²) in [6.45, 7) is 3.33. The summed E-state index contributed by atoms with van der Waals surface area (Å²) in [4.78, 5) is 26.1. The third-order valence-electron chi connectivity index (χ3n) is 5.61. The molecule has 150 valence electrons. The number of aliphatic imine (C=N–C) groups is 1. The standard InChI is InChI=1S/C24H23N5O/c1-15-8-17(6-7-25-15)24-21-14-26-19(10-18(21)12-28-24)11-23(30)29-20-9-16-4-2-3-5-22(16)27-13-20/h2-8,10,14,20,27H,9,11-13H2,1H3,(H,29,30). The zero-order chi connectivity index (χ0) is 20.5. The Labute approximate surface area is 175 Å². The van der Waals surface area contributed by atoms with Gasteiger partial charge in [0.05, 0.1) is 30.4 Å². The van der Waals surface area contributed by atoms with Crippen LogP contribution in [0.3, 0.4) is 0 Å². The van der Waals surface area contributed by atoms with Gasteiger partial charge in [-0.1, -0.05) is 18.2 Å². The molecule has 1 unspecified atom stereocenters. The van der Waals surface area contributed by atoms with E-state index in [9.17, 15) is 4.79 Å². The number of nitrogens with zero attached hydrogens (tertiary/aromatic N) is 3. The number of pyridine rings is 2. The Morgan fingerprint density at radius 3 is 2.97 bits per heavy atom. The fourth-order valence-corrected chi connectivity index (χ4v) is 4.16. The summed E-state index contributed by atoms with van der Waals surface area (Å²) in [5, 5.41) is 6.53. The Kier molecular flexibility index (Phi) is 4.75. The fourth-order valence-electron chi connectivity index (χ4n) is 4.16. The lowest BCUT2D eigenvalue weighted by Crippen LogP contribution is -2.44. The Morgan fingerprint density at radius 2 is 2.07 bits per heavy atom. The smallest absolute Gasteiger partial charge is 0.226 e. The first kappa shape index (κ1) is 18.5. The maximum Gasteiger partial charge on any atom is 0.226 e. The Balaban J connectivity index is 1.24. The molecule has 5 rings (SSSR count). The zero-order valence-corrected chi connectivity index (χ0v) is 16.9. The lowest BCUT2D eigenvalue weighted by molar-refractivity contribution is -0.121. The summed E-state index contributed by atoms with van der Waals surface area (Å²) in [5.74, 6) is -0.00229. The van der Waals surface area contributed by atoms with Crippen LogP contribution in [0.5, 0.6) is 0 Å². The molecule has 2 aliphatic heterocycles. The van der Waals surface area contributed by atoms with E-state index in [2.05, 4.69) is 32.7 Å². The maximum absolute atomic E-state index is 12.6. The minimum Gasteiger partial charge on any atom is -0.383 e. The first-order chi connectivity index (χ1) is 14.7. The van der Waals surface area contributed by atoms with Gasteiger partial charge in [-0.25, -0.2) is 0 Å². The van der Waals surface area contributed by atoms with Crippen LogP contribution in [0.15, 0.2) is 59.9 Å². The monoisotopic (exact) mass is 397 g/mol. The van der Waals surface area contributed by atoms with E-state index in [0.717, 1.165) is 52.4 Å². The van der Waals surface area contributed by atoms with Gasteiger partial charge in [-0.2, -0.15) is 0 Å². The number of hydrogen-bond acceptors (Lipinski definition) is 5. The third-order valence-corrected chi connectivity index (χ3v) is 5.61. The molecular weight excluding hydrogens is 374 g/mol. The molecule has 6 nitrogen and oxygen atoms in total. The van der Waals surface area contributed by atoms with Crippen molar-refractivity contribution in [3.8, 4) is 0 Å². The Morgan fingerprint density at radius 1 is 1.17 bits per heavy atom. The van der Waals surface area contributed by atoms with Gasteiger partial charge < -0.3 is 10.6 Å². The lowest BCUT2D eigenvalue weighted by atomic mass is 9.99. The number of aromatic nitrogens is 2. The molecule has 4 heterocycles. The summed E-state index contributed by atoms with van der Waals surface area (Å²) in [6, 6.07) is 14.3. The summed E-state index contributed by atoms with van der Waals surface area (Å²) in [7, 11) is 0. The quantitative estimate of drug-likeness (QED) is 0.710. The first-order valence-electron chi connectivity index (χ1n) is 10.2. The number of anilines is 1. The SMILES string of the molecule is Cc1cc(C2=NCc3cc(CC(=O)NC4CNc5ccccc5C4)ncc32)ccn1. The molecule has 6 heteroatoms. The molecule has 0 fully saturated rings. The van der Waals surface area contributed by atoms with E-state index in [-0.39, 0.29) is 18.4 Å². The predicted molar refractivity (Wildman–Crippen MR) is 117 cm³/mol. The van der Waals surface area contributed by atoms with Crippen LogP contribution in [0.1, 0.15) is 33.6 Å². The van der Waals surface area contributed by atoms with Crippen molar-refractivity contribution in [3.63, 3.8) is 0 Å². The molecule has 1 amide bonds. The van der Waals surface area contributed by atoms with Crippen molar-refractivity contribution in [2.24, 2.45) is 4.99 Å². The van der Waals surface area contributed by atoms with Gasteiger partial charge >= 0.3 is 0 Å². The summed E-state index contributed by atoms with van der Waals surface area (Å²) in [5.41, 5.74) is 8.29. The molecule has 2 N–H and O–H groups in total. The van der Waals surface area contributed by atoms with Crippen molar-refractivity contribution in [1.82, 2.24) is 15.3 Å². The topological polar surface area (TPSA) is 79.3 Å². The van der Waals surface area contributed by atoms with Crippen molar-refractivity contribution in [2.45, 2.75) is 32.4 Å². The molecule has 0 radical (unpaired) electrons. The molecule has 2 aromatic heterocycles.